The van der Waals surface area contributed by atoms with Crippen LogP contribution in [0.2, 0.25) is 0 Å². The number of carboxylic acid groups (broad SMARTS) is 1. The number of urea groups is 1. The Morgan fingerprint density at radius 1 is 1.16 bits per heavy atom. The van der Waals surface area contributed by atoms with Crippen LogP contribution in [0.4, 0.5) is 4.79 Å². The third-order valence-electron chi connectivity index (χ3n) is 4.35. The fraction of sp³-hybridized carbons (Fsp3) is 0.857. The molecule has 2 rings (SSSR count). The van der Waals surface area contributed by atoms with E-state index in [-0.39, 0.29) is 18.5 Å². The zero-order valence-electron chi connectivity index (χ0n) is 11.4. The lowest BCUT2D eigenvalue weighted by Crippen LogP contribution is -2.44. The first kappa shape index (κ1) is 14.2. The van der Waals surface area contributed by atoms with Gasteiger partial charge in [-0.3, -0.25) is 4.79 Å². The van der Waals surface area contributed by atoms with Crippen molar-refractivity contribution < 1.29 is 14.7 Å². The molecule has 0 spiro atoms. The second-order valence-corrected chi connectivity index (χ2v) is 5.76. The molecule has 0 aromatic heterocycles. The largest absolute Gasteiger partial charge is 0.481 e. The smallest absolute Gasteiger partial charge is 0.317 e. The standard InChI is InChI=1S/C14H24N2O3/c17-13(18)10-12-6-3-9-16(12)14(19)15-8-7-11-4-1-2-5-11/h11-12H,1-10H2,(H,15,19)(H,17,18). The van der Waals surface area contributed by atoms with Crippen LogP contribution in [0.3, 0.4) is 0 Å². The minimum Gasteiger partial charge on any atom is -0.481 e. The van der Waals surface area contributed by atoms with E-state index in [0.29, 0.717) is 6.54 Å². The fourth-order valence-corrected chi connectivity index (χ4v) is 3.30. The van der Waals surface area contributed by atoms with E-state index in [9.17, 15) is 9.59 Å². The molecule has 2 fully saturated rings. The van der Waals surface area contributed by atoms with Crippen LogP contribution in [0.1, 0.15) is 51.4 Å². The molecule has 2 amide bonds. The highest BCUT2D eigenvalue weighted by Crippen LogP contribution is 2.27. The first-order valence-electron chi connectivity index (χ1n) is 7.43. The maximum absolute atomic E-state index is 12.0. The van der Waals surface area contributed by atoms with Gasteiger partial charge in [0.2, 0.25) is 0 Å². The van der Waals surface area contributed by atoms with Gasteiger partial charge in [-0.1, -0.05) is 25.7 Å². The highest BCUT2D eigenvalue weighted by molar-refractivity contribution is 5.76. The highest BCUT2D eigenvalue weighted by atomic mass is 16.4. The van der Waals surface area contributed by atoms with E-state index in [1.54, 1.807) is 4.90 Å². The SMILES string of the molecule is O=C(O)CC1CCCN1C(=O)NCCC1CCCC1. The number of hydrogen-bond acceptors (Lipinski definition) is 2. The van der Waals surface area contributed by atoms with E-state index in [0.717, 1.165) is 31.7 Å². The average molecular weight is 268 g/mol. The monoisotopic (exact) mass is 268 g/mol. The van der Waals surface area contributed by atoms with Gasteiger partial charge in [0.05, 0.1) is 6.42 Å². The number of carbonyl (C=O) groups excluding carboxylic acids is 1. The normalized spacial score (nSPS) is 23.8. The Bertz CT molecular complexity index is 327. The van der Waals surface area contributed by atoms with Crippen LogP contribution < -0.4 is 5.32 Å². The van der Waals surface area contributed by atoms with Gasteiger partial charge in [0.15, 0.2) is 0 Å². The minimum absolute atomic E-state index is 0.0655. The maximum Gasteiger partial charge on any atom is 0.317 e. The summed E-state index contributed by atoms with van der Waals surface area (Å²) in [5, 5.41) is 11.8. The molecule has 0 aromatic rings. The lowest BCUT2D eigenvalue weighted by Gasteiger charge is -2.24. The summed E-state index contributed by atoms with van der Waals surface area (Å²) in [7, 11) is 0. The van der Waals surface area contributed by atoms with Gasteiger partial charge in [0, 0.05) is 19.1 Å². The number of carbonyl (C=O) groups is 2. The number of hydrogen-bond donors (Lipinski definition) is 2. The van der Waals surface area contributed by atoms with Gasteiger partial charge < -0.3 is 15.3 Å². The van der Waals surface area contributed by atoms with Gasteiger partial charge in [-0.2, -0.15) is 0 Å². The van der Waals surface area contributed by atoms with E-state index in [2.05, 4.69) is 5.32 Å². The number of aliphatic carboxylic acids is 1. The second kappa shape index (κ2) is 6.78. The van der Waals surface area contributed by atoms with Crippen molar-refractivity contribution in [2.45, 2.75) is 57.4 Å². The number of nitrogens with zero attached hydrogens (tertiary/aromatic N) is 1. The molecule has 19 heavy (non-hydrogen) atoms. The zero-order chi connectivity index (χ0) is 13.7. The molecule has 0 aromatic carbocycles. The van der Waals surface area contributed by atoms with Crippen molar-refractivity contribution in [3.05, 3.63) is 0 Å². The summed E-state index contributed by atoms with van der Waals surface area (Å²) in [5.41, 5.74) is 0. The molecule has 1 saturated carbocycles. The van der Waals surface area contributed by atoms with E-state index < -0.39 is 5.97 Å². The van der Waals surface area contributed by atoms with Crippen molar-refractivity contribution in [1.82, 2.24) is 10.2 Å². The zero-order valence-corrected chi connectivity index (χ0v) is 11.4. The van der Waals surface area contributed by atoms with E-state index in [4.69, 9.17) is 5.11 Å². The summed E-state index contributed by atoms with van der Waals surface area (Å²) in [5.74, 6) is -0.0515. The van der Waals surface area contributed by atoms with Crippen LogP contribution >= 0.6 is 0 Å². The van der Waals surface area contributed by atoms with E-state index >= 15 is 0 Å². The van der Waals surface area contributed by atoms with Gasteiger partial charge in [0.25, 0.3) is 0 Å². The Kier molecular flexibility index (Phi) is 5.05. The van der Waals surface area contributed by atoms with Crippen LogP contribution in [0, 0.1) is 5.92 Å². The molecule has 1 saturated heterocycles. The van der Waals surface area contributed by atoms with Crippen molar-refractivity contribution in [3.8, 4) is 0 Å². The predicted octanol–water partition coefficient (Wildman–Crippen LogP) is 2.22. The number of nitrogens with one attached hydrogen (secondary N) is 1. The predicted molar refractivity (Wildman–Crippen MR) is 72.0 cm³/mol. The first-order valence-corrected chi connectivity index (χ1v) is 7.43. The molecule has 1 aliphatic carbocycles. The molecular formula is C14H24N2O3. The molecule has 108 valence electrons. The van der Waals surface area contributed by atoms with Crippen molar-refractivity contribution >= 4 is 12.0 Å². The average Bonchev–Trinajstić information content (AvgIpc) is 2.99. The molecule has 0 radical (unpaired) electrons. The third-order valence-corrected chi connectivity index (χ3v) is 4.35. The third kappa shape index (κ3) is 4.11. The summed E-state index contributed by atoms with van der Waals surface area (Å²) in [6.45, 7) is 1.41. The number of likely N-dealkylation sites (tertiary alicyclic amines) is 1. The number of rotatable bonds is 5. The van der Waals surface area contributed by atoms with E-state index in [1.807, 2.05) is 0 Å². The minimum atomic E-state index is -0.823. The quantitative estimate of drug-likeness (QED) is 0.803. The molecule has 2 N–H and O–H groups in total. The molecule has 1 heterocycles. The molecule has 5 heteroatoms. The molecule has 1 unspecified atom stereocenters. The Morgan fingerprint density at radius 2 is 1.89 bits per heavy atom. The van der Waals surface area contributed by atoms with Crippen LogP contribution in [-0.4, -0.2) is 41.1 Å². The first-order chi connectivity index (χ1) is 9.16. The second-order valence-electron chi connectivity index (χ2n) is 5.76. The Morgan fingerprint density at radius 3 is 2.58 bits per heavy atom. The highest BCUT2D eigenvalue weighted by Gasteiger charge is 2.30. The van der Waals surface area contributed by atoms with Crippen molar-refractivity contribution in [2.24, 2.45) is 5.92 Å². The molecular weight excluding hydrogens is 244 g/mol. The van der Waals surface area contributed by atoms with Crippen molar-refractivity contribution in [2.75, 3.05) is 13.1 Å². The van der Waals surface area contributed by atoms with Gasteiger partial charge in [-0.25, -0.2) is 4.79 Å². The Labute approximate surface area is 114 Å². The lowest BCUT2D eigenvalue weighted by molar-refractivity contribution is -0.137. The van der Waals surface area contributed by atoms with Crippen molar-refractivity contribution in [1.29, 1.82) is 0 Å². The summed E-state index contributed by atoms with van der Waals surface area (Å²) < 4.78 is 0. The number of carboxylic acids is 1. The van der Waals surface area contributed by atoms with Crippen LogP contribution in [0.15, 0.2) is 0 Å². The van der Waals surface area contributed by atoms with Crippen molar-refractivity contribution in [3.63, 3.8) is 0 Å². The molecule has 2 aliphatic rings. The van der Waals surface area contributed by atoms with Gasteiger partial charge in [0.1, 0.15) is 0 Å². The van der Waals surface area contributed by atoms with Crippen LogP contribution in [0.25, 0.3) is 0 Å². The van der Waals surface area contributed by atoms with Gasteiger partial charge in [-0.15, -0.1) is 0 Å². The molecule has 5 nitrogen and oxygen atoms in total. The summed E-state index contributed by atoms with van der Waals surface area (Å²) in [4.78, 5) is 24.5. The molecule has 0 bridgehead atoms. The summed E-state index contributed by atoms with van der Waals surface area (Å²) >= 11 is 0. The topological polar surface area (TPSA) is 69.6 Å². The molecule has 1 atom stereocenters. The maximum atomic E-state index is 12.0. The van der Waals surface area contributed by atoms with E-state index in [1.165, 1.54) is 25.7 Å². The van der Waals surface area contributed by atoms with Gasteiger partial charge >= 0.3 is 12.0 Å². The fourth-order valence-electron chi connectivity index (χ4n) is 3.30. The summed E-state index contributed by atoms with van der Waals surface area (Å²) in [6, 6.07) is -0.203. The van der Waals surface area contributed by atoms with Crippen LogP contribution in [0.5, 0.6) is 0 Å². The summed E-state index contributed by atoms with van der Waals surface area (Å²) in [6.07, 6.45) is 8.08. The molecule has 1 aliphatic heterocycles. The Hall–Kier alpha value is -1.26. The van der Waals surface area contributed by atoms with Crippen LogP contribution in [-0.2, 0) is 4.79 Å². The lowest BCUT2D eigenvalue weighted by atomic mass is 10.0. The number of amides is 2. The van der Waals surface area contributed by atoms with Gasteiger partial charge in [-0.05, 0) is 25.2 Å². The Balaban J connectivity index is 1.70.